The average molecular weight is 390 g/mol. The Hall–Kier alpha value is -2.97. The number of rotatable bonds is 3. The van der Waals surface area contributed by atoms with Crippen LogP contribution in [0, 0.1) is 0 Å². The summed E-state index contributed by atoms with van der Waals surface area (Å²) in [6.07, 6.45) is 1.37. The predicted molar refractivity (Wildman–Crippen MR) is 103 cm³/mol. The van der Waals surface area contributed by atoms with E-state index in [9.17, 15) is 9.59 Å². The minimum absolute atomic E-state index is 0.0643. The SMILES string of the molecule is O=C(O)/C(S)=C/c1cccc(O)c1.O=C(O)c1cc2cc(O)ccc2s1. The first kappa shape index (κ1) is 19.4. The summed E-state index contributed by atoms with van der Waals surface area (Å²) >= 11 is 4.95. The van der Waals surface area contributed by atoms with Crippen molar-refractivity contribution in [1.29, 1.82) is 0 Å². The molecular weight excluding hydrogens is 376 g/mol. The molecule has 0 saturated heterocycles. The number of phenols is 2. The second-order valence-corrected chi connectivity index (χ2v) is 6.63. The van der Waals surface area contributed by atoms with E-state index in [1.165, 1.54) is 29.5 Å². The maximum atomic E-state index is 10.6. The van der Waals surface area contributed by atoms with Crippen LogP contribution < -0.4 is 0 Å². The third-order valence-corrected chi connectivity index (χ3v) is 4.53. The number of hydrogen-bond acceptors (Lipinski definition) is 6. The number of fused-ring (bicyclic) bond motifs is 1. The summed E-state index contributed by atoms with van der Waals surface area (Å²) in [6, 6.07) is 12.6. The van der Waals surface area contributed by atoms with E-state index in [0.717, 1.165) is 10.1 Å². The summed E-state index contributed by atoms with van der Waals surface area (Å²) in [4.78, 5) is 21.2. The van der Waals surface area contributed by atoms with Gasteiger partial charge in [-0.05, 0) is 53.4 Å². The molecule has 8 heteroatoms. The smallest absolute Gasteiger partial charge is 0.345 e. The van der Waals surface area contributed by atoms with Crippen LogP contribution in [0.1, 0.15) is 15.2 Å². The molecule has 0 bridgehead atoms. The number of carbonyl (C=O) groups is 2. The lowest BCUT2D eigenvalue weighted by atomic mass is 10.2. The van der Waals surface area contributed by atoms with Crippen LogP contribution in [0.4, 0.5) is 0 Å². The number of thiophene rings is 1. The quantitative estimate of drug-likeness (QED) is 0.340. The molecule has 0 spiro atoms. The summed E-state index contributed by atoms with van der Waals surface area (Å²) in [7, 11) is 0. The van der Waals surface area contributed by atoms with Gasteiger partial charge in [0.15, 0.2) is 0 Å². The molecule has 0 radical (unpaired) electrons. The third-order valence-electron chi connectivity index (χ3n) is 3.10. The van der Waals surface area contributed by atoms with Crippen molar-refractivity contribution < 1.29 is 30.0 Å². The van der Waals surface area contributed by atoms with E-state index in [4.69, 9.17) is 20.4 Å². The van der Waals surface area contributed by atoms with Crippen molar-refractivity contribution in [2.45, 2.75) is 0 Å². The molecule has 3 rings (SSSR count). The molecule has 3 aromatic rings. The van der Waals surface area contributed by atoms with Crippen LogP contribution in [-0.4, -0.2) is 32.4 Å². The van der Waals surface area contributed by atoms with Gasteiger partial charge in [0.05, 0.1) is 4.91 Å². The first-order valence-electron chi connectivity index (χ1n) is 7.15. The number of phenolic OH excluding ortho intramolecular Hbond substituents is 2. The van der Waals surface area contributed by atoms with Crippen molar-refractivity contribution in [3.63, 3.8) is 0 Å². The zero-order chi connectivity index (χ0) is 19.3. The standard InChI is InChI=1S/C9H6O3S.C9H8O3S/c10-6-1-2-7-5(3-6)4-8(13-7)9(11)12;10-7-3-1-2-6(4-7)5-8(13)9(11)12/h1-4,10H,(H,11,12);1-5,10,13H,(H,11,12)/b;8-5-. The minimum atomic E-state index is -1.09. The van der Waals surface area contributed by atoms with Crippen molar-refractivity contribution in [2.75, 3.05) is 0 Å². The number of aromatic hydroxyl groups is 2. The van der Waals surface area contributed by atoms with Gasteiger partial charge in [-0.25, -0.2) is 9.59 Å². The molecule has 1 heterocycles. The fourth-order valence-electron chi connectivity index (χ4n) is 1.97. The van der Waals surface area contributed by atoms with Gasteiger partial charge in [-0.3, -0.25) is 0 Å². The van der Waals surface area contributed by atoms with E-state index in [1.807, 2.05) is 0 Å². The molecule has 0 atom stereocenters. The number of carboxylic acids is 2. The molecule has 0 aliphatic heterocycles. The van der Waals surface area contributed by atoms with E-state index in [-0.39, 0.29) is 16.4 Å². The first-order valence-corrected chi connectivity index (χ1v) is 8.41. The van der Waals surface area contributed by atoms with E-state index in [0.29, 0.717) is 10.4 Å². The van der Waals surface area contributed by atoms with Gasteiger partial charge < -0.3 is 20.4 Å². The topological polar surface area (TPSA) is 115 Å². The molecule has 4 N–H and O–H groups in total. The Bertz CT molecular complexity index is 990. The van der Waals surface area contributed by atoms with Crippen molar-refractivity contribution in [1.82, 2.24) is 0 Å². The normalized spacial score (nSPS) is 10.9. The lowest BCUT2D eigenvalue weighted by molar-refractivity contribution is -0.131. The Labute approximate surface area is 157 Å². The van der Waals surface area contributed by atoms with Crippen LogP contribution in [0.3, 0.4) is 0 Å². The minimum Gasteiger partial charge on any atom is -0.508 e. The molecule has 134 valence electrons. The van der Waals surface area contributed by atoms with Crippen molar-refractivity contribution in [3.05, 3.63) is 63.9 Å². The van der Waals surface area contributed by atoms with Gasteiger partial charge in [-0.1, -0.05) is 12.1 Å². The highest BCUT2D eigenvalue weighted by molar-refractivity contribution is 7.85. The summed E-state index contributed by atoms with van der Waals surface area (Å²) in [5.74, 6) is -1.77. The van der Waals surface area contributed by atoms with Gasteiger partial charge >= 0.3 is 11.9 Å². The van der Waals surface area contributed by atoms with Crippen LogP contribution in [0.15, 0.2) is 53.4 Å². The Kier molecular flexibility index (Phi) is 6.26. The second kappa shape index (κ2) is 8.41. The lowest BCUT2D eigenvalue weighted by Gasteiger charge is -1.95. The van der Waals surface area contributed by atoms with Gasteiger partial charge in [-0.15, -0.1) is 24.0 Å². The number of benzene rings is 2. The Morgan fingerprint density at radius 3 is 2.27 bits per heavy atom. The molecular formula is C18H14O6S2. The molecule has 0 amide bonds. The largest absolute Gasteiger partial charge is 0.508 e. The van der Waals surface area contributed by atoms with Gasteiger partial charge in [-0.2, -0.15) is 0 Å². The third kappa shape index (κ3) is 5.27. The summed E-state index contributed by atoms with van der Waals surface area (Å²) in [5, 5.41) is 36.2. The fourth-order valence-corrected chi connectivity index (χ4v) is 3.00. The van der Waals surface area contributed by atoms with Crippen LogP contribution in [0.2, 0.25) is 0 Å². The molecule has 1 aromatic heterocycles. The highest BCUT2D eigenvalue weighted by atomic mass is 32.1. The van der Waals surface area contributed by atoms with E-state index in [2.05, 4.69) is 12.6 Å². The lowest BCUT2D eigenvalue weighted by Crippen LogP contribution is -1.92. The van der Waals surface area contributed by atoms with Crippen LogP contribution in [0.5, 0.6) is 11.5 Å². The highest BCUT2D eigenvalue weighted by Crippen LogP contribution is 2.28. The molecule has 0 aliphatic carbocycles. The van der Waals surface area contributed by atoms with Crippen molar-refractivity contribution in [3.8, 4) is 11.5 Å². The molecule has 26 heavy (non-hydrogen) atoms. The van der Waals surface area contributed by atoms with E-state index < -0.39 is 11.9 Å². The second-order valence-electron chi connectivity index (χ2n) is 5.07. The average Bonchev–Trinajstić information content (AvgIpc) is 2.99. The first-order chi connectivity index (χ1) is 12.3. The number of hydrogen-bond donors (Lipinski definition) is 5. The highest BCUT2D eigenvalue weighted by Gasteiger charge is 2.07. The van der Waals surface area contributed by atoms with Crippen LogP contribution >= 0.6 is 24.0 Å². The zero-order valence-electron chi connectivity index (χ0n) is 13.2. The molecule has 2 aromatic carbocycles. The van der Waals surface area contributed by atoms with Gasteiger partial charge in [0.2, 0.25) is 0 Å². The van der Waals surface area contributed by atoms with E-state index in [1.54, 1.807) is 36.4 Å². The summed E-state index contributed by atoms with van der Waals surface area (Å²) in [6.45, 7) is 0. The summed E-state index contributed by atoms with van der Waals surface area (Å²) < 4.78 is 0.871. The van der Waals surface area contributed by atoms with Crippen LogP contribution in [0.25, 0.3) is 16.2 Å². The Morgan fingerprint density at radius 2 is 1.65 bits per heavy atom. The predicted octanol–water partition coefficient (Wildman–Crippen LogP) is 4.05. The van der Waals surface area contributed by atoms with Crippen molar-refractivity contribution >= 4 is 52.1 Å². The molecule has 0 fully saturated rings. The van der Waals surface area contributed by atoms with E-state index >= 15 is 0 Å². The number of aliphatic carboxylic acids is 1. The molecule has 6 nitrogen and oxygen atoms in total. The monoisotopic (exact) mass is 390 g/mol. The van der Waals surface area contributed by atoms with Gasteiger partial charge in [0.1, 0.15) is 16.4 Å². The summed E-state index contributed by atoms with van der Waals surface area (Å²) in [5.41, 5.74) is 0.604. The molecule has 0 saturated carbocycles. The van der Waals surface area contributed by atoms with Crippen molar-refractivity contribution in [2.24, 2.45) is 0 Å². The number of aromatic carboxylic acids is 1. The van der Waals surface area contributed by atoms with Crippen LogP contribution in [-0.2, 0) is 4.79 Å². The zero-order valence-corrected chi connectivity index (χ0v) is 14.9. The number of thiol groups is 1. The molecule has 0 unspecified atom stereocenters. The fraction of sp³-hybridized carbons (Fsp3) is 0. The Morgan fingerprint density at radius 1 is 0.962 bits per heavy atom. The maximum absolute atomic E-state index is 10.6. The Balaban J connectivity index is 0.000000187. The molecule has 0 aliphatic rings. The van der Waals surface area contributed by atoms with Gasteiger partial charge in [0.25, 0.3) is 0 Å². The van der Waals surface area contributed by atoms with Gasteiger partial charge in [0, 0.05) is 4.70 Å². The number of carboxylic acid groups (broad SMARTS) is 2. The maximum Gasteiger partial charge on any atom is 0.345 e.